The number of morpholine rings is 1. The van der Waals surface area contributed by atoms with Crippen LogP contribution in [0.2, 0.25) is 0 Å². The molecule has 2 aliphatic rings. The van der Waals surface area contributed by atoms with E-state index >= 15 is 0 Å². The highest BCUT2D eigenvalue weighted by Gasteiger charge is 2.28. The summed E-state index contributed by atoms with van der Waals surface area (Å²) in [7, 11) is 0. The van der Waals surface area contributed by atoms with E-state index in [2.05, 4.69) is 38.7 Å². The van der Waals surface area contributed by atoms with E-state index < -0.39 is 0 Å². The molecule has 2 fully saturated rings. The predicted octanol–water partition coefficient (Wildman–Crippen LogP) is 3.02. The van der Waals surface area contributed by atoms with Gasteiger partial charge in [-0.15, -0.1) is 10.2 Å². The van der Waals surface area contributed by atoms with Gasteiger partial charge in [-0.3, -0.25) is 9.36 Å². The molecule has 0 bridgehead atoms. The zero-order chi connectivity index (χ0) is 17.9. The van der Waals surface area contributed by atoms with Gasteiger partial charge in [0, 0.05) is 19.5 Å². The number of aromatic nitrogens is 3. The maximum Gasteiger partial charge on any atom is 0.232 e. The number of rotatable bonds is 4. The van der Waals surface area contributed by atoms with Crippen LogP contribution in [0.3, 0.4) is 0 Å². The van der Waals surface area contributed by atoms with Crippen LogP contribution in [0.25, 0.3) is 5.69 Å². The fraction of sp³-hybridized carbons (Fsp3) is 0.526. The number of hydrogen-bond donors (Lipinski definition) is 0. The molecule has 0 amide bonds. The van der Waals surface area contributed by atoms with Crippen molar-refractivity contribution in [2.45, 2.75) is 43.0 Å². The van der Waals surface area contributed by atoms with Crippen molar-refractivity contribution in [3.63, 3.8) is 0 Å². The Kier molecular flexibility index (Phi) is 5.26. The first-order valence-corrected chi connectivity index (χ1v) is 10.2. The summed E-state index contributed by atoms with van der Waals surface area (Å²) in [5.74, 6) is 1.18. The van der Waals surface area contributed by atoms with Crippen molar-refractivity contribution in [2.75, 3.05) is 31.2 Å². The third kappa shape index (κ3) is 3.50. The molecule has 1 saturated carbocycles. The van der Waals surface area contributed by atoms with Gasteiger partial charge in [-0.2, -0.15) is 0 Å². The molecule has 2 aromatic rings. The highest BCUT2D eigenvalue weighted by Crippen LogP contribution is 2.35. The van der Waals surface area contributed by atoms with Crippen LogP contribution < -0.4 is 4.90 Å². The number of ketones is 1. The first-order valence-electron chi connectivity index (χ1n) is 9.27. The van der Waals surface area contributed by atoms with Gasteiger partial charge in [-0.25, -0.2) is 0 Å². The van der Waals surface area contributed by atoms with E-state index in [9.17, 15) is 4.79 Å². The molecule has 1 aliphatic carbocycles. The van der Waals surface area contributed by atoms with E-state index in [4.69, 9.17) is 4.74 Å². The van der Waals surface area contributed by atoms with Crippen LogP contribution in [0, 0.1) is 6.92 Å². The van der Waals surface area contributed by atoms with Crippen LogP contribution in [0.5, 0.6) is 0 Å². The molecule has 6 nitrogen and oxygen atoms in total. The normalized spacial score (nSPS) is 21.2. The van der Waals surface area contributed by atoms with Gasteiger partial charge < -0.3 is 9.64 Å². The van der Waals surface area contributed by atoms with Gasteiger partial charge in [0.2, 0.25) is 5.95 Å². The average Bonchev–Trinajstić information content (AvgIpc) is 3.08. The van der Waals surface area contributed by atoms with Crippen LogP contribution in [0.1, 0.15) is 31.2 Å². The quantitative estimate of drug-likeness (QED) is 0.822. The topological polar surface area (TPSA) is 60.2 Å². The van der Waals surface area contributed by atoms with Gasteiger partial charge in [0.15, 0.2) is 5.16 Å². The second kappa shape index (κ2) is 7.80. The van der Waals surface area contributed by atoms with Crippen molar-refractivity contribution in [2.24, 2.45) is 0 Å². The van der Waals surface area contributed by atoms with Crippen molar-refractivity contribution >= 4 is 23.5 Å². The minimum atomic E-state index is -0.00624. The summed E-state index contributed by atoms with van der Waals surface area (Å²) in [5, 5.41) is 9.78. The van der Waals surface area contributed by atoms with Gasteiger partial charge >= 0.3 is 0 Å². The van der Waals surface area contributed by atoms with Gasteiger partial charge in [0.05, 0.1) is 24.2 Å². The van der Waals surface area contributed by atoms with E-state index in [0.717, 1.165) is 49.1 Å². The lowest BCUT2D eigenvalue weighted by Crippen LogP contribution is -2.38. The number of carbonyl (C=O) groups is 1. The third-order valence-electron chi connectivity index (χ3n) is 5.01. The molecule has 0 spiro atoms. The fourth-order valence-electron chi connectivity index (χ4n) is 3.53. The van der Waals surface area contributed by atoms with E-state index in [1.807, 2.05) is 12.1 Å². The van der Waals surface area contributed by atoms with E-state index in [1.54, 1.807) is 11.8 Å². The predicted molar refractivity (Wildman–Crippen MR) is 102 cm³/mol. The lowest BCUT2D eigenvalue weighted by Gasteiger charge is -2.28. The summed E-state index contributed by atoms with van der Waals surface area (Å²) in [6.07, 6.45) is 3.74. The molecule has 1 aliphatic heterocycles. The fourth-order valence-corrected chi connectivity index (χ4v) is 4.70. The summed E-state index contributed by atoms with van der Waals surface area (Å²) in [5.41, 5.74) is 2.24. The molecule has 26 heavy (non-hydrogen) atoms. The highest BCUT2D eigenvalue weighted by molar-refractivity contribution is 8.00. The average molecular weight is 372 g/mol. The Bertz CT molecular complexity index is 786. The minimum absolute atomic E-state index is 0.00624. The van der Waals surface area contributed by atoms with Gasteiger partial charge in [0.25, 0.3) is 0 Å². The third-order valence-corrected chi connectivity index (χ3v) is 6.27. The van der Waals surface area contributed by atoms with E-state index in [1.165, 1.54) is 5.56 Å². The molecule has 1 aromatic heterocycles. The standard InChI is InChI=1S/C19H24N4O2S/c1-14-6-2-3-7-15(14)23-18(22-10-12-25-13-11-22)20-21-19(23)26-17-9-5-4-8-16(17)24/h2-3,6-7,17H,4-5,8-13H2,1H3/t17-/m0/s1. The molecule has 0 N–H and O–H groups in total. The number of carbonyl (C=O) groups excluding carboxylic acids is 1. The molecule has 1 atom stereocenters. The number of benzene rings is 1. The zero-order valence-corrected chi connectivity index (χ0v) is 15.9. The summed E-state index contributed by atoms with van der Waals surface area (Å²) < 4.78 is 7.60. The molecule has 1 saturated heterocycles. The Balaban J connectivity index is 1.72. The molecule has 2 heterocycles. The van der Waals surface area contributed by atoms with Crippen molar-refractivity contribution < 1.29 is 9.53 Å². The molecule has 1 aromatic carbocycles. The first-order chi connectivity index (χ1) is 12.7. The second-order valence-electron chi connectivity index (χ2n) is 6.82. The van der Waals surface area contributed by atoms with Crippen LogP contribution in [0.15, 0.2) is 29.4 Å². The number of thioether (sulfide) groups is 1. The van der Waals surface area contributed by atoms with Crippen LogP contribution in [-0.4, -0.2) is 52.1 Å². The van der Waals surface area contributed by atoms with Crippen LogP contribution in [0.4, 0.5) is 5.95 Å². The number of ether oxygens (including phenoxy) is 1. The Morgan fingerprint density at radius 2 is 1.96 bits per heavy atom. The van der Waals surface area contributed by atoms with Crippen molar-refractivity contribution in [3.8, 4) is 5.69 Å². The minimum Gasteiger partial charge on any atom is -0.378 e. The van der Waals surface area contributed by atoms with Crippen LogP contribution >= 0.6 is 11.8 Å². The molecule has 4 rings (SSSR count). The monoisotopic (exact) mass is 372 g/mol. The molecule has 138 valence electrons. The van der Waals surface area contributed by atoms with E-state index in [0.29, 0.717) is 25.4 Å². The van der Waals surface area contributed by atoms with Gasteiger partial charge in [-0.05, 0) is 31.4 Å². The summed E-state index contributed by atoms with van der Waals surface area (Å²) in [4.78, 5) is 14.5. The molecular weight excluding hydrogens is 348 g/mol. The largest absolute Gasteiger partial charge is 0.378 e. The summed E-state index contributed by atoms with van der Waals surface area (Å²) in [6, 6.07) is 8.26. The molecule has 7 heteroatoms. The van der Waals surface area contributed by atoms with Crippen molar-refractivity contribution in [3.05, 3.63) is 29.8 Å². The Morgan fingerprint density at radius 3 is 2.73 bits per heavy atom. The Morgan fingerprint density at radius 1 is 1.15 bits per heavy atom. The van der Waals surface area contributed by atoms with Crippen molar-refractivity contribution in [1.82, 2.24) is 14.8 Å². The summed E-state index contributed by atoms with van der Waals surface area (Å²) in [6.45, 7) is 5.10. The van der Waals surface area contributed by atoms with Crippen molar-refractivity contribution in [1.29, 1.82) is 0 Å². The number of anilines is 1. The number of aryl methyl sites for hydroxylation is 1. The zero-order valence-electron chi connectivity index (χ0n) is 15.1. The Hall–Kier alpha value is -1.86. The smallest absolute Gasteiger partial charge is 0.232 e. The van der Waals surface area contributed by atoms with Gasteiger partial charge in [0.1, 0.15) is 5.78 Å². The second-order valence-corrected chi connectivity index (χ2v) is 7.99. The number of nitrogens with zero attached hydrogens (tertiary/aromatic N) is 4. The van der Waals surface area contributed by atoms with Gasteiger partial charge in [-0.1, -0.05) is 36.4 Å². The highest BCUT2D eigenvalue weighted by atomic mass is 32.2. The molecule has 0 unspecified atom stereocenters. The lowest BCUT2D eigenvalue weighted by molar-refractivity contribution is -0.119. The summed E-state index contributed by atoms with van der Waals surface area (Å²) >= 11 is 1.57. The number of para-hydroxylation sites is 1. The van der Waals surface area contributed by atoms with Crippen LogP contribution in [-0.2, 0) is 9.53 Å². The first kappa shape index (κ1) is 17.5. The maximum absolute atomic E-state index is 12.3. The molecule has 0 radical (unpaired) electrons. The SMILES string of the molecule is Cc1ccccc1-n1c(S[C@H]2CCCCC2=O)nnc1N1CCOCC1. The lowest BCUT2D eigenvalue weighted by atomic mass is 9.99. The number of Topliss-reactive ketones (excluding diaryl/α,β-unsaturated/α-hetero) is 1. The maximum atomic E-state index is 12.3. The Labute approximate surface area is 157 Å². The number of hydrogen-bond acceptors (Lipinski definition) is 6. The molecular formula is C19H24N4O2S. The van der Waals surface area contributed by atoms with E-state index in [-0.39, 0.29) is 5.25 Å².